The summed E-state index contributed by atoms with van der Waals surface area (Å²) in [5.41, 5.74) is 7.55. The van der Waals surface area contributed by atoms with E-state index in [9.17, 15) is 0 Å². The molecule has 0 aliphatic rings. The summed E-state index contributed by atoms with van der Waals surface area (Å²) < 4.78 is 0. The van der Waals surface area contributed by atoms with Gasteiger partial charge >= 0.3 is 0 Å². The maximum Gasteiger partial charge on any atom is -0.0132 e. The zero-order valence-corrected chi connectivity index (χ0v) is 18.1. The van der Waals surface area contributed by atoms with Gasteiger partial charge < -0.3 is 0 Å². The number of rotatable bonds is 8. The van der Waals surface area contributed by atoms with Crippen molar-refractivity contribution in [2.45, 2.75) is 59.8 Å². The first-order chi connectivity index (χ1) is 12.7. The Hall–Kier alpha value is -2.34. The molecule has 0 nitrogen and oxygen atoms in total. The van der Waals surface area contributed by atoms with E-state index < -0.39 is 0 Å². The van der Waals surface area contributed by atoms with E-state index in [-0.39, 0.29) is 5.41 Å². The number of benzene rings is 1. The smallest absolute Gasteiger partial charge is 0.0132 e. The molecule has 1 aromatic carbocycles. The number of hydrogen-bond donors (Lipinski definition) is 0. The van der Waals surface area contributed by atoms with Crippen LogP contribution in [0.1, 0.15) is 65.5 Å². The standard InChI is InChI=1S/C27H36/c1-9-11-12-13-21(3)14-15-22(4)24(10-2)20-23(5)25-16-18-26(19-17-25)27(6,7)8/h9-13,16-20H,3-4,14-15H2,1-2,5-8H3/b11-9-,13-12-,23-20+,24-10+. The fourth-order valence-corrected chi connectivity index (χ4v) is 2.78. The summed E-state index contributed by atoms with van der Waals surface area (Å²) in [6, 6.07) is 8.91. The van der Waals surface area contributed by atoms with E-state index >= 15 is 0 Å². The molecule has 0 amide bonds. The molecule has 0 spiro atoms. The van der Waals surface area contributed by atoms with E-state index in [4.69, 9.17) is 0 Å². The molecule has 0 heteroatoms. The molecule has 0 atom stereocenters. The van der Waals surface area contributed by atoms with Crippen LogP contribution in [0, 0.1) is 0 Å². The highest BCUT2D eigenvalue weighted by molar-refractivity contribution is 5.68. The van der Waals surface area contributed by atoms with Crippen molar-refractivity contribution in [3.05, 3.63) is 102 Å². The second-order valence-corrected chi connectivity index (χ2v) is 8.05. The van der Waals surface area contributed by atoms with Gasteiger partial charge in [-0.3, -0.25) is 0 Å². The van der Waals surface area contributed by atoms with Crippen LogP contribution in [0.3, 0.4) is 0 Å². The lowest BCUT2D eigenvalue weighted by molar-refractivity contribution is 0.590. The summed E-state index contributed by atoms with van der Waals surface area (Å²) in [4.78, 5) is 0. The summed E-state index contributed by atoms with van der Waals surface area (Å²) in [6.45, 7) is 21.4. The molecule has 0 unspecified atom stereocenters. The van der Waals surface area contributed by atoms with Gasteiger partial charge in [-0.2, -0.15) is 0 Å². The van der Waals surface area contributed by atoms with Gasteiger partial charge in [-0.05, 0) is 66.9 Å². The van der Waals surface area contributed by atoms with Crippen LogP contribution in [0.2, 0.25) is 0 Å². The highest BCUT2D eigenvalue weighted by Crippen LogP contribution is 2.26. The van der Waals surface area contributed by atoms with Crippen LogP contribution >= 0.6 is 0 Å². The van der Waals surface area contributed by atoms with E-state index in [1.54, 1.807) is 0 Å². The Morgan fingerprint density at radius 1 is 0.963 bits per heavy atom. The third-order valence-corrected chi connectivity index (χ3v) is 4.68. The van der Waals surface area contributed by atoms with Crippen molar-refractivity contribution in [3.63, 3.8) is 0 Å². The average Bonchev–Trinajstić information content (AvgIpc) is 2.63. The third-order valence-electron chi connectivity index (χ3n) is 4.68. The fraction of sp³-hybridized carbons (Fsp3) is 0.333. The summed E-state index contributed by atoms with van der Waals surface area (Å²) in [5.74, 6) is 0. The predicted octanol–water partition coefficient (Wildman–Crippen LogP) is 8.36. The Bertz CT molecular complexity index is 753. The lowest BCUT2D eigenvalue weighted by Crippen LogP contribution is -2.10. The van der Waals surface area contributed by atoms with Crippen molar-refractivity contribution in [2.75, 3.05) is 0 Å². The summed E-state index contributed by atoms with van der Waals surface area (Å²) in [5, 5.41) is 0. The van der Waals surface area contributed by atoms with Crippen LogP contribution in [0.15, 0.2) is 90.6 Å². The first kappa shape index (κ1) is 22.7. The Kier molecular flexibility index (Phi) is 9.02. The molecular formula is C27H36. The molecule has 0 aliphatic carbocycles. The maximum absolute atomic E-state index is 4.30. The van der Waals surface area contributed by atoms with Crippen LogP contribution in [0.5, 0.6) is 0 Å². The van der Waals surface area contributed by atoms with E-state index in [0.717, 1.165) is 24.0 Å². The Balaban J connectivity index is 2.80. The van der Waals surface area contributed by atoms with Gasteiger partial charge in [0.1, 0.15) is 0 Å². The van der Waals surface area contributed by atoms with E-state index in [1.165, 1.54) is 22.3 Å². The molecule has 0 saturated heterocycles. The molecule has 27 heavy (non-hydrogen) atoms. The number of hydrogen-bond acceptors (Lipinski definition) is 0. The van der Waals surface area contributed by atoms with Gasteiger partial charge in [-0.1, -0.05) is 100 Å². The quantitative estimate of drug-likeness (QED) is 0.408. The lowest BCUT2D eigenvalue weighted by atomic mass is 9.86. The van der Waals surface area contributed by atoms with Gasteiger partial charge in [-0.25, -0.2) is 0 Å². The zero-order valence-electron chi connectivity index (χ0n) is 18.1. The molecule has 0 heterocycles. The molecule has 0 fully saturated rings. The summed E-state index contributed by atoms with van der Waals surface area (Å²) in [6.07, 6.45) is 14.4. The van der Waals surface area contributed by atoms with Crippen LogP contribution in [0.4, 0.5) is 0 Å². The molecule has 0 N–H and O–H groups in total. The SMILES string of the molecule is C=C(/C=C\C=C/C)CCC(=C)C(=C/C)/C=C(\C)c1ccc(C(C)(C)C)cc1. The summed E-state index contributed by atoms with van der Waals surface area (Å²) >= 11 is 0. The van der Waals surface area contributed by atoms with Crippen LogP contribution in [-0.4, -0.2) is 0 Å². The van der Waals surface area contributed by atoms with Crippen molar-refractivity contribution in [1.29, 1.82) is 0 Å². The highest BCUT2D eigenvalue weighted by Gasteiger charge is 2.13. The molecule has 144 valence electrons. The summed E-state index contributed by atoms with van der Waals surface area (Å²) in [7, 11) is 0. The third kappa shape index (κ3) is 7.83. The van der Waals surface area contributed by atoms with Crippen LogP contribution in [0.25, 0.3) is 5.57 Å². The minimum absolute atomic E-state index is 0.183. The second kappa shape index (κ2) is 10.7. The van der Waals surface area contributed by atoms with Crippen molar-refractivity contribution in [1.82, 2.24) is 0 Å². The Morgan fingerprint density at radius 2 is 1.59 bits per heavy atom. The largest absolute Gasteiger partial charge is 0.0958 e. The van der Waals surface area contributed by atoms with Gasteiger partial charge in [0.05, 0.1) is 0 Å². The molecular weight excluding hydrogens is 324 g/mol. The Labute approximate surface area is 167 Å². The molecule has 0 saturated carbocycles. The first-order valence-electron chi connectivity index (χ1n) is 9.79. The van der Waals surface area contributed by atoms with E-state index in [1.807, 2.05) is 25.2 Å². The van der Waals surface area contributed by atoms with E-state index in [0.29, 0.717) is 0 Å². The normalized spacial score (nSPS) is 13.6. The van der Waals surface area contributed by atoms with Gasteiger partial charge in [0.15, 0.2) is 0 Å². The Morgan fingerprint density at radius 3 is 2.11 bits per heavy atom. The second-order valence-electron chi connectivity index (χ2n) is 8.05. The fourth-order valence-electron chi connectivity index (χ4n) is 2.78. The van der Waals surface area contributed by atoms with Gasteiger partial charge in [0.2, 0.25) is 0 Å². The van der Waals surface area contributed by atoms with Gasteiger partial charge in [0.25, 0.3) is 0 Å². The van der Waals surface area contributed by atoms with Crippen LogP contribution in [-0.2, 0) is 5.41 Å². The maximum atomic E-state index is 4.30. The molecule has 1 aromatic rings. The first-order valence-corrected chi connectivity index (χ1v) is 9.79. The van der Waals surface area contributed by atoms with Crippen molar-refractivity contribution < 1.29 is 0 Å². The van der Waals surface area contributed by atoms with Crippen molar-refractivity contribution >= 4 is 5.57 Å². The zero-order chi connectivity index (χ0) is 20.4. The molecule has 0 radical (unpaired) electrons. The van der Waals surface area contributed by atoms with Crippen LogP contribution < -0.4 is 0 Å². The van der Waals surface area contributed by atoms with Gasteiger partial charge in [0, 0.05) is 0 Å². The monoisotopic (exact) mass is 360 g/mol. The van der Waals surface area contributed by atoms with Crippen molar-refractivity contribution in [2.24, 2.45) is 0 Å². The number of allylic oxidation sites excluding steroid dienone is 10. The molecule has 0 aliphatic heterocycles. The van der Waals surface area contributed by atoms with Gasteiger partial charge in [-0.15, -0.1) is 0 Å². The highest BCUT2D eigenvalue weighted by atomic mass is 14.2. The molecule has 0 bridgehead atoms. The molecule has 1 rings (SSSR count). The lowest BCUT2D eigenvalue weighted by Gasteiger charge is -2.19. The van der Waals surface area contributed by atoms with Crippen molar-refractivity contribution in [3.8, 4) is 0 Å². The predicted molar refractivity (Wildman–Crippen MR) is 124 cm³/mol. The van der Waals surface area contributed by atoms with E-state index in [2.05, 4.69) is 90.3 Å². The molecule has 0 aromatic heterocycles. The minimum Gasteiger partial charge on any atom is -0.0958 e. The minimum atomic E-state index is 0.183. The average molecular weight is 361 g/mol. The topological polar surface area (TPSA) is 0 Å².